The molecule has 2 aromatic rings. The lowest BCUT2D eigenvalue weighted by Crippen LogP contribution is -2.31. The van der Waals surface area contributed by atoms with Crippen LogP contribution >= 0.6 is 0 Å². The number of rotatable bonds is 8. The molecule has 0 heterocycles. The SMILES string of the molecule is CC[C@@H](Oc1ccccc1)C(=O)OCC(=O)Nc1c([N+](=O)[O-])ccc(C)c1C. The Labute approximate surface area is 162 Å². The quantitative estimate of drug-likeness (QED) is 0.422. The van der Waals surface area contributed by atoms with Crippen LogP contribution in [0, 0.1) is 24.0 Å². The summed E-state index contributed by atoms with van der Waals surface area (Å²) in [4.78, 5) is 35.0. The second-order valence-corrected chi connectivity index (χ2v) is 6.14. The summed E-state index contributed by atoms with van der Waals surface area (Å²) in [5.74, 6) is -0.835. The second-order valence-electron chi connectivity index (χ2n) is 6.14. The van der Waals surface area contributed by atoms with Gasteiger partial charge < -0.3 is 14.8 Å². The largest absolute Gasteiger partial charge is 0.479 e. The van der Waals surface area contributed by atoms with Crippen LogP contribution in [-0.2, 0) is 14.3 Å². The number of carbonyl (C=O) groups excluding carboxylic acids is 2. The highest BCUT2D eigenvalue weighted by Gasteiger charge is 2.23. The van der Waals surface area contributed by atoms with Crippen LogP contribution in [0.4, 0.5) is 11.4 Å². The van der Waals surface area contributed by atoms with Gasteiger partial charge in [0.1, 0.15) is 11.4 Å². The van der Waals surface area contributed by atoms with E-state index >= 15 is 0 Å². The number of benzene rings is 2. The second kappa shape index (κ2) is 9.50. The molecule has 0 radical (unpaired) electrons. The maximum atomic E-state index is 12.2. The number of nitro groups is 1. The molecule has 2 aromatic carbocycles. The van der Waals surface area contributed by atoms with E-state index in [1.54, 1.807) is 51.1 Å². The van der Waals surface area contributed by atoms with Gasteiger partial charge in [0.05, 0.1) is 4.92 Å². The summed E-state index contributed by atoms with van der Waals surface area (Å²) in [6.07, 6.45) is -0.497. The van der Waals surface area contributed by atoms with Crippen molar-refractivity contribution in [3.8, 4) is 5.75 Å². The minimum atomic E-state index is -0.856. The molecule has 2 rings (SSSR count). The summed E-state index contributed by atoms with van der Waals surface area (Å²) in [5, 5.41) is 13.7. The van der Waals surface area contributed by atoms with E-state index in [1.807, 2.05) is 6.07 Å². The van der Waals surface area contributed by atoms with E-state index in [-0.39, 0.29) is 11.4 Å². The van der Waals surface area contributed by atoms with Crippen molar-refractivity contribution in [2.75, 3.05) is 11.9 Å². The predicted octanol–water partition coefficient (Wildman–Crippen LogP) is 3.55. The third-order valence-corrected chi connectivity index (χ3v) is 4.18. The van der Waals surface area contributed by atoms with Crippen LogP contribution in [0.1, 0.15) is 24.5 Å². The lowest BCUT2D eigenvalue weighted by molar-refractivity contribution is -0.384. The molecule has 1 amide bonds. The number of anilines is 1. The Bertz CT molecular complexity index is 866. The molecule has 148 valence electrons. The molecule has 0 saturated carbocycles. The standard InChI is InChI=1S/C20H22N2O6/c1-4-17(28-15-8-6-5-7-9-15)20(24)27-12-18(23)21-19-14(3)13(2)10-11-16(19)22(25)26/h5-11,17H,4,12H2,1-3H3,(H,21,23)/t17-/m1/s1. The third-order valence-electron chi connectivity index (χ3n) is 4.18. The number of amides is 1. The molecule has 8 nitrogen and oxygen atoms in total. The Kier molecular flexibility index (Phi) is 7.08. The van der Waals surface area contributed by atoms with Gasteiger partial charge >= 0.3 is 5.97 Å². The van der Waals surface area contributed by atoms with Gasteiger partial charge in [0, 0.05) is 6.07 Å². The van der Waals surface area contributed by atoms with Crippen LogP contribution in [0.25, 0.3) is 0 Å². The number of nitro benzene ring substituents is 1. The van der Waals surface area contributed by atoms with Crippen LogP contribution in [0.15, 0.2) is 42.5 Å². The van der Waals surface area contributed by atoms with Crippen LogP contribution in [0.5, 0.6) is 5.75 Å². The van der Waals surface area contributed by atoms with Gasteiger partial charge in [-0.3, -0.25) is 14.9 Å². The van der Waals surface area contributed by atoms with Crippen LogP contribution < -0.4 is 10.1 Å². The fourth-order valence-corrected chi connectivity index (χ4v) is 2.48. The topological polar surface area (TPSA) is 108 Å². The zero-order chi connectivity index (χ0) is 20.7. The van der Waals surface area contributed by atoms with Crippen molar-refractivity contribution >= 4 is 23.3 Å². The van der Waals surface area contributed by atoms with E-state index in [0.29, 0.717) is 17.7 Å². The van der Waals surface area contributed by atoms with Crippen molar-refractivity contribution in [2.24, 2.45) is 0 Å². The molecule has 1 atom stereocenters. The minimum Gasteiger partial charge on any atom is -0.479 e. The molecule has 0 fully saturated rings. The first-order valence-corrected chi connectivity index (χ1v) is 8.76. The van der Waals surface area contributed by atoms with Gasteiger partial charge in [-0.05, 0) is 43.5 Å². The van der Waals surface area contributed by atoms with Crippen molar-refractivity contribution in [3.05, 3.63) is 63.7 Å². The minimum absolute atomic E-state index is 0.0960. The number of ether oxygens (including phenoxy) is 2. The predicted molar refractivity (Wildman–Crippen MR) is 103 cm³/mol. The summed E-state index contributed by atoms with van der Waals surface area (Å²) in [6.45, 7) is 4.64. The van der Waals surface area contributed by atoms with E-state index in [9.17, 15) is 19.7 Å². The highest BCUT2D eigenvalue weighted by molar-refractivity contribution is 5.96. The zero-order valence-electron chi connectivity index (χ0n) is 15.9. The van der Waals surface area contributed by atoms with E-state index in [4.69, 9.17) is 9.47 Å². The number of esters is 1. The summed E-state index contributed by atoms with van der Waals surface area (Å²) in [5.41, 5.74) is 1.24. The van der Waals surface area contributed by atoms with Crippen molar-refractivity contribution in [1.82, 2.24) is 0 Å². The van der Waals surface area contributed by atoms with Crippen LogP contribution in [0.2, 0.25) is 0 Å². The average molecular weight is 386 g/mol. The summed E-state index contributed by atoms with van der Waals surface area (Å²) >= 11 is 0. The van der Waals surface area contributed by atoms with Gasteiger partial charge in [0.15, 0.2) is 12.7 Å². The number of nitrogens with one attached hydrogen (secondary N) is 1. The average Bonchev–Trinajstić information content (AvgIpc) is 2.68. The Morgan fingerprint density at radius 3 is 2.43 bits per heavy atom. The monoisotopic (exact) mass is 386 g/mol. The van der Waals surface area contributed by atoms with Crippen molar-refractivity contribution in [3.63, 3.8) is 0 Å². The zero-order valence-corrected chi connectivity index (χ0v) is 15.9. The Hall–Kier alpha value is -3.42. The highest BCUT2D eigenvalue weighted by Crippen LogP contribution is 2.30. The van der Waals surface area contributed by atoms with Gasteiger partial charge in [-0.2, -0.15) is 0 Å². The molecule has 8 heteroatoms. The summed E-state index contributed by atoms with van der Waals surface area (Å²) < 4.78 is 10.6. The molecule has 0 unspecified atom stereocenters. The van der Waals surface area contributed by atoms with Gasteiger partial charge in [-0.25, -0.2) is 4.79 Å². The van der Waals surface area contributed by atoms with E-state index < -0.39 is 29.5 Å². The number of nitrogens with zero attached hydrogens (tertiary/aromatic N) is 1. The molecule has 0 saturated heterocycles. The summed E-state index contributed by atoms with van der Waals surface area (Å²) in [6, 6.07) is 11.7. The number of para-hydroxylation sites is 1. The highest BCUT2D eigenvalue weighted by atomic mass is 16.6. The van der Waals surface area contributed by atoms with E-state index in [1.165, 1.54) is 6.07 Å². The molecular formula is C20H22N2O6. The Morgan fingerprint density at radius 1 is 1.14 bits per heavy atom. The van der Waals surface area contributed by atoms with Crippen molar-refractivity contribution in [1.29, 1.82) is 0 Å². The van der Waals surface area contributed by atoms with Crippen LogP contribution in [0.3, 0.4) is 0 Å². The first-order valence-electron chi connectivity index (χ1n) is 8.76. The lowest BCUT2D eigenvalue weighted by atomic mass is 10.1. The van der Waals surface area contributed by atoms with E-state index in [0.717, 1.165) is 5.56 Å². The first-order chi connectivity index (χ1) is 13.3. The molecule has 0 aliphatic carbocycles. The molecule has 28 heavy (non-hydrogen) atoms. The van der Waals surface area contributed by atoms with Crippen LogP contribution in [-0.4, -0.2) is 29.5 Å². The van der Waals surface area contributed by atoms with Gasteiger partial charge in [0.2, 0.25) is 0 Å². The number of hydrogen-bond acceptors (Lipinski definition) is 6. The molecular weight excluding hydrogens is 364 g/mol. The maximum Gasteiger partial charge on any atom is 0.347 e. The fourth-order valence-electron chi connectivity index (χ4n) is 2.48. The molecule has 0 spiro atoms. The first kappa shape index (κ1) is 20.9. The third kappa shape index (κ3) is 5.29. The van der Waals surface area contributed by atoms with Crippen molar-refractivity contribution < 1.29 is 24.0 Å². The number of aryl methyl sites for hydroxylation is 1. The number of carbonyl (C=O) groups is 2. The fraction of sp³-hybridized carbons (Fsp3) is 0.300. The molecule has 0 aliphatic heterocycles. The molecule has 0 bridgehead atoms. The normalized spacial score (nSPS) is 11.4. The maximum absolute atomic E-state index is 12.2. The van der Waals surface area contributed by atoms with Gasteiger partial charge in [-0.1, -0.05) is 31.2 Å². The Morgan fingerprint density at radius 2 is 1.82 bits per heavy atom. The van der Waals surface area contributed by atoms with Gasteiger partial charge in [0.25, 0.3) is 11.6 Å². The summed E-state index contributed by atoms with van der Waals surface area (Å²) in [7, 11) is 0. The molecule has 1 N–H and O–H groups in total. The molecule has 0 aliphatic rings. The smallest absolute Gasteiger partial charge is 0.347 e. The van der Waals surface area contributed by atoms with Gasteiger partial charge in [-0.15, -0.1) is 0 Å². The molecule has 0 aromatic heterocycles. The lowest BCUT2D eigenvalue weighted by Gasteiger charge is -2.16. The number of hydrogen-bond donors (Lipinski definition) is 1. The van der Waals surface area contributed by atoms with Crippen molar-refractivity contribution in [2.45, 2.75) is 33.3 Å². The Balaban J connectivity index is 1.99. The van der Waals surface area contributed by atoms with E-state index in [2.05, 4.69) is 5.32 Å².